The van der Waals surface area contributed by atoms with E-state index >= 15 is 0 Å². The molecule has 5 nitrogen and oxygen atoms in total. The largest absolute Gasteiger partial charge is 0.396 e. The van der Waals surface area contributed by atoms with Gasteiger partial charge in [0, 0.05) is 30.2 Å². The van der Waals surface area contributed by atoms with Gasteiger partial charge in [0.1, 0.15) is 0 Å². The number of hydrogen-bond donors (Lipinski definition) is 2. The zero-order chi connectivity index (χ0) is 24.6. The maximum atomic E-state index is 13.2. The van der Waals surface area contributed by atoms with Crippen LogP contribution in [0.2, 0.25) is 0 Å². The van der Waals surface area contributed by atoms with E-state index in [0.29, 0.717) is 23.9 Å². The van der Waals surface area contributed by atoms with E-state index in [1.165, 1.54) is 18.4 Å². The second-order valence-electron chi connectivity index (χ2n) is 10.4. The van der Waals surface area contributed by atoms with Gasteiger partial charge in [0.15, 0.2) is 5.78 Å². The molecule has 1 unspecified atom stereocenters. The van der Waals surface area contributed by atoms with Gasteiger partial charge in [-0.25, -0.2) is 0 Å². The smallest absolute Gasteiger partial charge is 0.251 e. The Morgan fingerprint density at radius 1 is 1.09 bits per heavy atom. The van der Waals surface area contributed by atoms with E-state index in [-0.39, 0.29) is 24.2 Å². The van der Waals surface area contributed by atoms with Crippen molar-refractivity contribution in [1.82, 2.24) is 10.2 Å². The van der Waals surface area contributed by atoms with Crippen LogP contribution in [0, 0.1) is 11.8 Å². The predicted octanol–water partition coefficient (Wildman–Crippen LogP) is 4.84. The lowest BCUT2D eigenvalue weighted by Gasteiger charge is -2.33. The number of carbonyl (C=O) groups is 2. The predicted molar refractivity (Wildman–Crippen MR) is 140 cm³/mol. The van der Waals surface area contributed by atoms with Crippen molar-refractivity contribution in [3.8, 4) is 0 Å². The van der Waals surface area contributed by atoms with Crippen LogP contribution >= 0.6 is 0 Å². The van der Waals surface area contributed by atoms with Crippen molar-refractivity contribution in [2.24, 2.45) is 11.8 Å². The molecule has 2 N–H and O–H groups in total. The van der Waals surface area contributed by atoms with Crippen molar-refractivity contribution in [1.29, 1.82) is 0 Å². The summed E-state index contributed by atoms with van der Waals surface area (Å²) in [5, 5.41) is 12.0. The number of piperidine rings is 1. The van der Waals surface area contributed by atoms with E-state index in [0.717, 1.165) is 62.9 Å². The normalized spacial score (nSPS) is 19.8. The number of nitrogens with one attached hydrogen (secondary N) is 1. The quantitative estimate of drug-likeness (QED) is 0.515. The van der Waals surface area contributed by atoms with Crippen molar-refractivity contribution >= 4 is 11.7 Å². The minimum absolute atomic E-state index is 0.0852. The fraction of sp³-hybridized carbons (Fsp3) is 0.533. The number of rotatable bonds is 10. The average Bonchev–Trinajstić information content (AvgIpc) is 2.89. The van der Waals surface area contributed by atoms with E-state index in [4.69, 9.17) is 5.11 Å². The third-order valence-electron chi connectivity index (χ3n) is 7.96. The second kappa shape index (κ2) is 12.5. The molecule has 1 heterocycles. The Hall–Kier alpha value is -2.50. The highest BCUT2D eigenvalue weighted by Crippen LogP contribution is 2.31. The molecule has 35 heavy (non-hydrogen) atoms. The van der Waals surface area contributed by atoms with Gasteiger partial charge in [-0.2, -0.15) is 0 Å². The summed E-state index contributed by atoms with van der Waals surface area (Å²) in [6, 6.07) is 16.4. The number of benzene rings is 2. The van der Waals surface area contributed by atoms with Gasteiger partial charge < -0.3 is 15.3 Å². The molecule has 5 heteroatoms. The Bertz CT molecular complexity index is 982. The Kier molecular flexibility index (Phi) is 9.11. The van der Waals surface area contributed by atoms with Gasteiger partial charge in [-0.3, -0.25) is 9.59 Å². The molecule has 1 aliphatic heterocycles. The highest BCUT2D eigenvalue weighted by molar-refractivity contribution is 6.02. The zero-order valence-electron chi connectivity index (χ0n) is 21.0. The molecule has 2 aromatic carbocycles. The van der Waals surface area contributed by atoms with Crippen LogP contribution in [0.1, 0.15) is 83.2 Å². The lowest BCUT2D eigenvalue weighted by atomic mass is 9.80. The third-order valence-corrected chi connectivity index (χ3v) is 7.96. The molecule has 1 amide bonds. The first-order valence-corrected chi connectivity index (χ1v) is 13.4. The van der Waals surface area contributed by atoms with E-state index in [1.54, 1.807) is 6.07 Å². The molecule has 0 spiro atoms. The Morgan fingerprint density at radius 3 is 2.60 bits per heavy atom. The number of hydrogen-bond acceptors (Lipinski definition) is 4. The number of likely N-dealkylation sites (tertiary alicyclic amines) is 1. The van der Waals surface area contributed by atoms with Crippen LogP contribution in [0.15, 0.2) is 48.5 Å². The topological polar surface area (TPSA) is 69.6 Å². The monoisotopic (exact) mass is 476 g/mol. The van der Waals surface area contributed by atoms with Crippen LogP contribution < -0.4 is 5.32 Å². The highest BCUT2D eigenvalue weighted by atomic mass is 16.3. The summed E-state index contributed by atoms with van der Waals surface area (Å²) in [6.07, 6.45) is 6.63. The number of carbonyl (C=O) groups excluding carboxylic acids is 2. The van der Waals surface area contributed by atoms with E-state index < -0.39 is 0 Å². The number of aliphatic hydroxyl groups excluding tert-OH is 1. The van der Waals surface area contributed by atoms with Crippen molar-refractivity contribution in [3.05, 3.63) is 70.8 Å². The summed E-state index contributed by atoms with van der Waals surface area (Å²) in [6.45, 7) is 6.06. The lowest BCUT2D eigenvalue weighted by molar-refractivity contribution is 0.0875. The van der Waals surface area contributed by atoms with Crippen molar-refractivity contribution < 1.29 is 14.7 Å². The van der Waals surface area contributed by atoms with Gasteiger partial charge in [0.2, 0.25) is 0 Å². The minimum Gasteiger partial charge on any atom is -0.396 e. The molecular weight excluding hydrogens is 436 g/mol. The van der Waals surface area contributed by atoms with Gasteiger partial charge in [0.25, 0.3) is 5.91 Å². The molecular formula is C30H40N2O3. The second-order valence-corrected chi connectivity index (χ2v) is 10.4. The molecule has 0 bridgehead atoms. The molecule has 0 radical (unpaired) electrons. The van der Waals surface area contributed by atoms with E-state index in [9.17, 15) is 9.59 Å². The number of fused-ring (bicyclic) bond motifs is 1. The maximum absolute atomic E-state index is 13.2. The summed E-state index contributed by atoms with van der Waals surface area (Å²) in [7, 11) is 0. The fourth-order valence-electron chi connectivity index (χ4n) is 5.59. The van der Waals surface area contributed by atoms with Crippen molar-refractivity contribution in [3.63, 3.8) is 0 Å². The summed E-state index contributed by atoms with van der Waals surface area (Å²) in [4.78, 5) is 28.3. The first-order chi connectivity index (χ1) is 17.0. The van der Waals surface area contributed by atoms with Gasteiger partial charge in [0.05, 0.1) is 0 Å². The maximum Gasteiger partial charge on any atom is 0.251 e. The van der Waals surface area contributed by atoms with Crippen LogP contribution in [0.4, 0.5) is 0 Å². The summed E-state index contributed by atoms with van der Waals surface area (Å²) in [5.74, 6) is 1.29. The number of amides is 1. The minimum atomic E-state index is -0.0857. The molecule has 1 saturated heterocycles. The number of aryl methyl sites for hydroxylation is 1. The number of Topliss-reactive ketones (excluding diaryl/α,β-unsaturated/α-hetero) is 1. The summed E-state index contributed by atoms with van der Waals surface area (Å²) >= 11 is 0. The summed E-state index contributed by atoms with van der Waals surface area (Å²) < 4.78 is 0. The molecule has 2 aromatic rings. The van der Waals surface area contributed by atoms with Gasteiger partial charge >= 0.3 is 0 Å². The van der Waals surface area contributed by atoms with Crippen LogP contribution in [-0.4, -0.2) is 54.5 Å². The number of aliphatic hydroxyl groups is 1. The standard InChI is InChI=1S/C30H40N2O3/c1-22(15-20-33)11-16-31-30(35)27-9-10-28-26(21-27)8-7-25(29(28)34)14-19-32-17-12-24(13-18-32)23-5-3-2-4-6-23/h2-6,9-10,21-22,24-25,33H,7-8,11-20H2,1H3,(H,31,35)/t22-,25?/m0/s1. The van der Waals surface area contributed by atoms with Gasteiger partial charge in [-0.15, -0.1) is 0 Å². The Balaban J connectivity index is 1.24. The number of ketones is 1. The zero-order valence-corrected chi connectivity index (χ0v) is 21.0. The number of nitrogens with zero attached hydrogens (tertiary/aromatic N) is 1. The lowest BCUT2D eigenvalue weighted by Crippen LogP contribution is -2.35. The fourth-order valence-corrected chi connectivity index (χ4v) is 5.59. The highest BCUT2D eigenvalue weighted by Gasteiger charge is 2.29. The average molecular weight is 477 g/mol. The van der Waals surface area contributed by atoms with Crippen LogP contribution in [0.3, 0.4) is 0 Å². The first-order valence-electron chi connectivity index (χ1n) is 13.4. The van der Waals surface area contributed by atoms with Crippen LogP contribution in [0.5, 0.6) is 0 Å². The van der Waals surface area contributed by atoms with E-state index in [2.05, 4.69) is 47.5 Å². The van der Waals surface area contributed by atoms with Crippen molar-refractivity contribution in [2.75, 3.05) is 32.8 Å². The van der Waals surface area contributed by atoms with Crippen LogP contribution in [-0.2, 0) is 6.42 Å². The first kappa shape index (κ1) is 25.6. The molecule has 2 atom stereocenters. The third kappa shape index (κ3) is 6.80. The molecule has 0 aromatic heterocycles. The Labute approximate surface area is 209 Å². The van der Waals surface area contributed by atoms with Gasteiger partial charge in [-0.05, 0) is 99.7 Å². The van der Waals surface area contributed by atoms with Crippen molar-refractivity contribution in [2.45, 2.75) is 57.8 Å². The SMILES string of the molecule is C[C@H](CCO)CCNC(=O)c1ccc2c(c1)CCC(CCN1CCC(c3ccccc3)CC1)C2=O. The molecule has 1 aliphatic carbocycles. The molecule has 4 rings (SSSR count). The molecule has 1 fully saturated rings. The van der Waals surface area contributed by atoms with Gasteiger partial charge in [-0.1, -0.05) is 43.3 Å². The molecule has 2 aliphatic rings. The Morgan fingerprint density at radius 2 is 1.86 bits per heavy atom. The molecule has 0 saturated carbocycles. The summed E-state index contributed by atoms with van der Waals surface area (Å²) in [5.41, 5.74) is 3.90. The van der Waals surface area contributed by atoms with E-state index in [1.807, 2.05) is 12.1 Å². The van der Waals surface area contributed by atoms with Crippen LogP contribution in [0.25, 0.3) is 0 Å². The molecule has 188 valence electrons.